The summed E-state index contributed by atoms with van der Waals surface area (Å²) in [5, 5.41) is 5.39. The van der Waals surface area contributed by atoms with Crippen molar-refractivity contribution in [2.45, 2.75) is 12.8 Å². The molecule has 0 atom stereocenters. The molecule has 3 heterocycles. The molecule has 3 aromatic rings. The number of fused-ring (bicyclic) bond motifs is 1. The number of thiazole rings is 1. The van der Waals surface area contributed by atoms with Crippen LogP contribution in [-0.4, -0.2) is 17.5 Å². The van der Waals surface area contributed by atoms with E-state index in [1.54, 1.807) is 0 Å². The van der Waals surface area contributed by atoms with Crippen molar-refractivity contribution in [2.24, 2.45) is 0 Å². The number of benzene rings is 1. The summed E-state index contributed by atoms with van der Waals surface area (Å²) in [5.41, 5.74) is 2.99. The summed E-state index contributed by atoms with van der Waals surface area (Å²) in [6.07, 6.45) is 1.23. The molecule has 0 aliphatic carbocycles. The third-order valence-electron chi connectivity index (χ3n) is 3.69. The van der Waals surface area contributed by atoms with Crippen molar-refractivity contribution in [2.75, 3.05) is 11.9 Å². The summed E-state index contributed by atoms with van der Waals surface area (Å²) in [4.78, 5) is 17.7. The normalized spacial score (nSPS) is 12.7. The lowest BCUT2D eigenvalue weighted by atomic mass is 10.1. The Labute approximate surface area is 152 Å². The highest BCUT2D eigenvalue weighted by Gasteiger charge is 2.14. The molecule has 0 saturated carbocycles. The minimum atomic E-state index is -0.0704. The third-order valence-corrected chi connectivity index (χ3v) is 5.71. The van der Waals surface area contributed by atoms with Crippen molar-refractivity contribution in [3.8, 4) is 16.3 Å². The van der Waals surface area contributed by atoms with E-state index in [9.17, 15) is 4.79 Å². The molecule has 1 amide bonds. The van der Waals surface area contributed by atoms with Crippen LogP contribution in [0.4, 0.5) is 5.13 Å². The van der Waals surface area contributed by atoms with E-state index in [2.05, 4.69) is 10.3 Å². The first kappa shape index (κ1) is 15.6. The molecular formula is C17H13ClN2O2S2. The zero-order valence-electron chi connectivity index (χ0n) is 12.5. The van der Waals surface area contributed by atoms with Crippen molar-refractivity contribution < 1.29 is 9.53 Å². The number of thiophene rings is 1. The maximum Gasteiger partial charge on any atom is 0.230 e. The van der Waals surface area contributed by atoms with Crippen LogP contribution in [0.2, 0.25) is 4.34 Å². The molecule has 2 aromatic heterocycles. The Hall–Kier alpha value is -1.89. The molecule has 7 heteroatoms. The fourth-order valence-corrected chi connectivity index (χ4v) is 4.40. The number of amides is 1. The number of aromatic nitrogens is 1. The molecule has 0 saturated heterocycles. The van der Waals surface area contributed by atoms with E-state index in [0.29, 0.717) is 11.6 Å². The topological polar surface area (TPSA) is 51.2 Å². The maximum absolute atomic E-state index is 12.2. The van der Waals surface area contributed by atoms with Crippen LogP contribution < -0.4 is 10.1 Å². The second-order valence-corrected chi connectivity index (χ2v) is 7.98. The van der Waals surface area contributed by atoms with Gasteiger partial charge in [-0.3, -0.25) is 4.79 Å². The molecule has 1 aromatic carbocycles. The van der Waals surface area contributed by atoms with Crippen LogP contribution in [0.25, 0.3) is 10.6 Å². The van der Waals surface area contributed by atoms with Crippen molar-refractivity contribution in [1.29, 1.82) is 0 Å². The van der Waals surface area contributed by atoms with Crippen LogP contribution in [-0.2, 0) is 17.6 Å². The van der Waals surface area contributed by atoms with Gasteiger partial charge in [0.05, 0.1) is 27.9 Å². The number of ether oxygens (including phenoxy) is 1. The summed E-state index contributed by atoms with van der Waals surface area (Å²) < 4.78 is 6.21. The number of nitrogens with one attached hydrogen (secondary N) is 1. The van der Waals surface area contributed by atoms with E-state index in [4.69, 9.17) is 16.3 Å². The monoisotopic (exact) mass is 376 g/mol. The standard InChI is InChI=1S/C17H13ClN2O2S2/c18-15-4-3-14(24-15)12-9-23-17(19-12)20-16(21)8-10-1-2-13-11(7-10)5-6-22-13/h1-4,7,9H,5-6,8H2,(H,19,20,21). The van der Waals surface area contributed by atoms with Gasteiger partial charge in [0.2, 0.25) is 5.91 Å². The molecule has 4 nitrogen and oxygen atoms in total. The SMILES string of the molecule is O=C(Cc1ccc2c(c1)CCO2)Nc1nc(-c2ccc(Cl)s2)cs1. The number of hydrogen-bond donors (Lipinski definition) is 1. The minimum absolute atomic E-state index is 0.0704. The zero-order chi connectivity index (χ0) is 16.5. The van der Waals surface area contributed by atoms with E-state index in [0.717, 1.165) is 39.2 Å². The second-order valence-electron chi connectivity index (χ2n) is 5.41. The van der Waals surface area contributed by atoms with Crippen LogP contribution >= 0.6 is 34.3 Å². The number of anilines is 1. The molecule has 0 unspecified atom stereocenters. The lowest BCUT2D eigenvalue weighted by Gasteiger charge is -2.04. The lowest BCUT2D eigenvalue weighted by molar-refractivity contribution is -0.115. The summed E-state index contributed by atoms with van der Waals surface area (Å²) in [5.74, 6) is 0.859. The van der Waals surface area contributed by atoms with Gasteiger partial charge < -0.3 is 10.1 Å². The predicted molar refractivity (Wildman–Crippen MR) is 98.4 cm³/mol. The highest BCUT2D eigenvalue weighted by molar-refractivity contribution is 7.20. The summed E-state index contributed by atoms with van der Waals surface area (Å²) >= 11 is 8.83. The largest absolute Gasteiger partial charge is 0.493 e. The highest BCUT2D eigenvalue weighted by Crippen LogP contribution is 2.33. The number of nitrogens with zero attached hydrogens (tertiary/aromatic N) is 1. The number of halogens is 1. The quantitative estimate of drug-likeness (QED) is 0.721. The molecule has 4 rings (SSSR count). The Morgan fingerprint density at radius 2 is 2.25 bits per heavy atom. The van der Waals surface area contributed by atoms with E-state index < -0.39 is 0 Å². The van der Waals surface area contributed by atoms with Crippen molar-refractivity contribution >= 4 is 45.3 Å². The van der Waals surface area contributed by atoms with E-state index >= 15 is 0 Å². The van der Waals surface area contributed by atoms with Gasteiger partial charge >= 0.3 is 0 Å². The Kier molecular flexibility index (Phi) is 4.26. The molecule has 122 valence electrons. The van der Waals surface area contributed by atoms with Gasteiger partial charge in [-0.2, -0.15) is 0 Å². The highest BCUT2D eigenvalue weighted by atomic mass is 35.5. The summed E-state index contributed by atoms with van der Waals surface area (Å²) in [6.45, 7) is 0.722. The maximum atomic E-state index is 12.2. The van der Waals surface area contributed by atoms with Gasteiger partial charge in [0.15, 0.2) is 5.13 Å². The van der Waals surface area contributed by atoms with Gasteiger partial charge in [-0.05, 0) is 29.3 Å². The molecule has 0 radical (unpaired) electrons. The van der Waals surface area contributed by atoms with Gasteiger partial charge in [0, 0.05) is 11.8 Å². The molecule has 1 aliphatic rings. The van der Waals surface area contributed by atoms with Gasteiger partial charge in [0.25, 0.3) is 0 Å². The van der Waals surface area contributed by atoms with Crippen molar-refractivity contribution in [3.05, 3.63) is 51.2 Å². The fraction of sp³-hybridized carbons (Fsp3) is 0.176. The molecule has 0 fully saturated rings. The smallest absolute Gasteiger partial charge is 0.230 e. The zero-order valence-corrected chi connectivity index (χ0v) is 14.9. The van der Waals surface area contributed by atoms with Crippen LogP contribution in [0.5, 0.6) is 5.75 Å². The van der Waals surface area contributed by atoms with Gasteiger partial charge in [-0.25, -0.2) is 4.98 Å². The fourth-order valence-electron chi connectivity index (χ4n) is 2.60. The van der Waals surface area contributed by atoms with Crippen LogP contribution in [0.3, 0.4) is 0 Å². The molecular weight excluding hydrogens is 364 g/mol. The Bertz CT molecular complexity index is 904. The summed E-state index contributed by atoms with van der Waals surface area (Å²) in [7, 11) is 0. The van der Waals surface area contributed by atoms with Gasteiger partial charge in [-0.15, -0.1) is 22.7 Å². The van der Waals surface area contributed by atoms with E-state index in [1.807, 2.05) is 35.7 Å². The van der Waals surface area contributed by atoms with Crippen LogP contribution in [0.1, 0.15) is 11.1 Å². The number of hydrogen-bond acceptors (Lipinski definition) is 5. The summed E-state index contributed by atoms with van der Waals surface area (Å²) in [6, 6.07) is 9.69. The molecule has 1 N–H and O–H groups in total. The minimum Gasteiger partial charge on any atom is -0.493 e. The van der Waals surface area contributed by atoms with Crippen LogP contribution in [0.15, 0.2) is 35.7 Å². The Morgan fingerprint density at radius 3 is 3.08 bits per heavy atom. The van der Waals surface area contributed by atoms with Crippen LogP contribution in [0, 0.1) is 0 Å². The van der Waals surface area contributed by atoms with E-state index in [1.165, 1.54) is 28.2 Å². The lowest BCUT2D eigenvalue weighted by Crippen LogP contribution is -2.14. The van der Waals surface area contributed by atoms with Gasteiger partial charge in [0.1, 0.15) is 5.75 Å². The average Bonchev–Trinajstić information content (AvgIpc) is 3.27. The number of carbonyl (C=O) groups is 1. The predicted octanol–water partition coefficient (Wildman–Crippen LogP) is 4.64. The number of rotatable bonds is 4. The van der Waals surface area contributed by atoms with Crippen molar-refractivity contribution in [3.63, 3.8) is 0 Å². The molecule has 24 heavy (non-hydrogen) atoms. The second kappa shape index (κ2) is 6.55. The molecule has 1 aliphatic heterocycles. The molecule has 0 bridgehead atoms. The number of carbonyl (C=O) groups excluding carboxylic acids is 1. The Balaban J connectivity index is 1.42. The Morgan fingerprint density at radius 1 is 1.33 bits per heavy atom. The first-order valence-corrected chi connectivity index (χ1v) is 9.50. The first-order valence-electron chi connectivity index (χ1n) is 7.43. The van der Waals surface area contributed by atoms with Crippen molar-refractivity contribution in [1.82, 2.24) is 4.98 Å². The average molecular weight is 377 g/mol. The molecule has 0 spiro atoms. The first-order chi connectivity index (χ1) is 11.7. The third kappa shape index (κ3) is 3.31. The van der Waals surface area contributed by atoms with Gasteiger partial charge in [-0.1, -0.05) is 23.7 Å². The van der Waals surface area contributed by atoms with E-state index in [-0.39, 0.29) is 5.91 Å².